The molecule has 0 radical (unpaired) electrons. The molecule has 4 atom stereocenters. The van der Waals surface area contributed by atoms with E-state index >= 15 is 0 Å². The van der Waals surface area contributed by atoms with Gasteiger partial charge >= 0.3 is 11.9 Å². The highest BCUT2D eigenvalue weighted by Crippen LogP contribution is 2.48. The van der Waals surface area contributed by atoms with Crippen molar-refractivity contribution in [3.05, 3.63) is 46.8 Å². The number of hydrogen-bond acceptors (Lipinski definition) is 9. The summed E-state index contributed by atoms with van der Waals surface area (Å²) in [5.41, 5.74) is 2.63. The Morgan fingerprint density at radius 3 is 2.63 bits per heavy atom. The molecule has 200 valence electrons. The summed E-state index contributed by atoms with van der Waals surface area (Å²) in [6.07, 6.45) is 0.600. The van der Waals surface area contributed by atoms with Crippen LogP contribution in [0.5, 0.6) is 0 Å². The molecule has 38 heavy (non-hydrogen) atoms. The molecule has 2 aromatic heterocycles. The molecule has 2 fully saturated rings. The van der Waals surface area contributed by atoms with Crippen LogP contribution in [-0.4, -0.2) is 62.9 Å². The molecule has 10 nitrogen and oxygen atoms in total. The lowest BCUT2D eigenvalue weighted by Crippen LogP contribution is -2.58. The Labute approximate surface area is 223 Å². The van der Waals surface area contributed by atoms with Gasteiger partial charge in [-0.25, -0.2) is 9.37 Å². The van der Waals surface area contributed by atoms with E-state index in [0.29, 0.717) is 42.9 Å². The van der Waals surface area contributed by atoms with Crippen molar-refractivity contribution in [1.82, 2.24) is 19.5 Å². The van der Waals surface area contributed by atoms with Crippen LogP contribution in [0.25, 0.3) is 11.2 Å². The Morgan fingerprint density at radius 2 is 1.92 bits per heavy atom. The Bertz CT molecular complexity index is 1440. The summed E-state index contributed by atoms with van der Waals surface area (Å²) in [6.45, 7) is 5.79. The van der Waals surface area contributed by atoms with E-state index in [1.54, 1.807) is 17.0 Å². The van der Waals surface area contributed by atoms with Gasteiger partial charge in [0.1, 0.15) is 11.9 Å². The van der Waals surface area contributed by atoms with Crippen LogP contribution in [0.1, 0.15) is 51.0 Å². The summed E-state index contributed by atoms with van der Waals surface area (Å²) in [7, 11) is 0. The number of esters is 2. The Balaban J connectivity index is 1.34. The number of ether oxygens (including phenoxy) is 3. The number of imidazole rings is 1. The van der Waals surface area contributed by atoms with E-state index in [4.69, 9.17) is 25.8 Å². The largest absolute Gasteiger partial charge is 0.456 e. The summed E-state index contributed by atoms with van der Waals surface area (Å²) in [4.78, 5) is 39.3. The maximum atomic E-state index is 14.4. The van der Waals surface area contributed by atoms with Crippen molar-refractivity contribution >= 4 is 40.5 Å². The minimum absolute atomic E-state index is 0.0266. The summed E-state index contributed by atoms with van der Waals surface area (Å²) >= 11 is 6.38. The van der Waals surface area contributed by atoms with Gasteiger partial charge in [-0.1, -0.05) is 19.1 Å². The first kappa shape index (κ1) is 25.0. The van der Waals surface area contributed by atoms with Gasteiger partial charge in [0.2, 0.25) is 5.28 Å². The topological polar surface area (TPSA) is 109 Å². The van der Waals surface area contributed by atoms with E-state index in [2.05, 4.69) is 19.9 Å². The lowest BCUT2D eigenvalue weighted by atomic mass is 9.75. The standard InChI is InChI=1S/C26H27ClFN5O5/c1-4-18-20(36-13(2)34)21(37-14(3)35)24(38-18)33-12-29-19-22(30-25(27)31-23(19)33)32-10-26(11-32)9-8-15-16(26)6-5-7-17(15)28/h5-7,12,18,20-21,24H,4,8-11H2,1-3H3/t18-,20?,21+,24-/m1/s1. The molecule has 1 unspecified atom stereocenters. The van der Waals surface area contributed by atoms with Crippen molar-refractivity contribution < 1.29 is 28.2 Å². The predicted octanol–water partition coefficient (Wildman–Crippen LogP) is 3.49. The Kier molecular flexibility index (Phi) is 6.03. The smallest absolute Gasteiger partial charge is 0.303 e. The highest BCUT2D eigenvalue weighted by Gasteiger charge is 2.51. The van der Waals surface area contributed by atoms with Gasteiger partial charge in [-0.3, -0.25) is 14.2 Å². The average molecular weight is 544 g/mol. The molecular weight excluding hydrogens is 517 g/mol. The normalized spacial score (nSPS) is 25.4. The summed E-state index contributed by atoms with van der Waals surface area (Å²) < 4.78 is 33.3. The second kappa shape index (κ2) is 9.16. The van der Waals surface area contributed by atoms with Gasteiger partial charge in [0.25, 0.3) is 0 Å². The molecule has 2 aliphatic heterocycles. The van der Waals surface area contributed by atoms with Crippen LogP contribution >= 0.6 is 11.6 Å². The second-order valence-corrected chi connectivity index (χ2v) is 10.5. The third-order valence-corrected chi connectivity index (χ3v) is 7.94. The van der Waals surface area contributed by atoms with Crippen molar-refractivity contribution in [1.29, 1.82) is 0 Å². The molecule has 4 heterocycles. The molecule has 2 saturated heterocycles. The summed E-state index contributed by atoms with van der Waals surface area (Å²) in [5, 5.41) is 0.0266. The number of benzene rings is 1. The number of fused-ring (bicyclic) bond motifs is 3. The van der Waals surface area contributed by atoms with Crippen LogP contribution in [0, 0.1) is 5.82 Å². The number of halogens is 2. The number of hydrogen-bond donors (Lipinski definition) is 0. The van der Waals surface area contributed by atoms with E-state index in [1.807, 2.05) is 13.0 Å². The third-order valence-electron chi connectivity index (χ3n) is 7.77. The first-order valence-electron chi connectivity index (χ1n) is 12.6. The second-order valence-electron chi connectivity index (χ2n) is 10.2. The number of anilines is 1. The predicted molar refractivity (Wildman–Crippen MR) is 134 cm³/mol. The average Bonchev–Trinajstić information content (AvgIpc) is 3.52. The number of aromatic nitrogens is 4. The molecule has 6 rings (SSSR count). The van der Waals surface area contributed by atoms with Crippen LogP contribution in [0.15, 0.2) is 24.5 Å². The molecule has 0 N–H and O–H groups in total. The molecule has 1 aromatic carbocycles. The third kappa shape index (κ3) is 3.90. The zero-order valence-corrected chi connectivity index (χ0v) is 21.9. The number of carbonyl (C=O) groups is 2. The lowest BCUT2D eigenvalue weighted by Gasteiger charge is -2.49. The quantitative estimate of drug-likeness (QED) is 0.353. The maximum Gasteiger partial charge on any atom is 0.303 e. The van der Waals surface area contributed by atoms with Crippen LogP contribution in [0.4, 0.5) is 10.2 Å². The van der Waals surface area contributed by atoms with Gasteiger partial charge in [-0.2, -0.15) is 9.97 Å². The van der Waals surface area contributed by atoms with Gasteiger partial charge in [0.05, 0.1) is 6.33 Å². The fourth-order valence-electron chi connectivity index (χ4n) is 6.17. The summed E-state index contributed by atoms with van der Waals surface area (Å²) in [5.74, 6) is -0.618. The van der Waals surface area contributed by atoms with Crippen molar-refractivity contribution in [2.45, 2.75) is 70.0 Å². The minimum atomic E-state index is -0.909. The van der Waals surface area contributed by atoms with Gasteiger partial charge in [-0.05, 0) is 48.1 Å². The molecule has 3 aliphatic rings. The van der Waals surface area contributed by atoms with E-state index in [1.165, 1.54) is 19.9 Å². The van der Waals surface area contributed by atoms with Crippen molar-refractivity contribution in [2.75, 3.05) is 18.0 Å². The van der Waals surface area contributed by atoms with Crippen molar-refractivity contribution in [3.63, 3.8) is 0 Å². The van der Waals surface area contributed by atoms with Crippen molar-refractivity contribution in [3.8, 4) is 0 Å². The molecule has 0 amide bonds. The highest BCUT2D eigenvalue weighted by atomic mass is 35.5. The van der Waals surface area contributed by atoms with Crippen LogP contribution in [0.2, 0.25) is 5.28 Å². The van der Waals surface area contributed by atoms with Gasteiger partial charge < -0.3 is 19.1 Å². The van der Waals surface area contributed by atoms with E-state index < -0.39 is 36.5 Å². The van der Waals surface area contributed by atoms with Gasteiger partial charge in [0.15, 0.2) is 35.4 Å². The fourth-order valence-corrected chi connectivity index (χ4v) is 6.33. The highest BCUT2D eigenvalue weighted by molar-refractivity contribution is 6.28. The minimum Gasteiger partial charge on any atom is -0.456 e. The Morgan fingerprint density at radius 1 is 1.18 bits per heavy atom. The zero-order valence-electron chi connectivity index (χ0n) is 21.2. The summed E-state index contributed by atoms with van der Waals surface area (Å²) in [6, 6.07) is 5.29. The van der Waals surface area contributed by atoms with Crippen LogP contribution in [-0.2, 0) is 35.6 Å². The monoisotopic (exact) mass is 543 g/mol. The van der Waals surface area contributed by atoms with Crippen LogP contribution in [0.3, 0.4) is 0 Å². The first-order valence-corrected chi connectivity index (χ1v) is 13.0. The molecule has 3 aromatic rings. The van der Waals surface area contributed by atoms with Crippen LogP contribution < -0.4 is 4.90 Å². The van der Waals surface area contributed by atoms with E-state index in [-0.39, 0.29) is 16.5 Å². The van der Waals surface area contributed by atoms with Crippen molar-refractivity contribution in [2.24, 2.45) is 0 Å². The number of rotatable bonds is 5. The molecule has 1 aliphatic carbocycles. The molecule has 0 bridgehead atoms. The van der Waals surface area contributed by atoms with E-state index in [0.717, 1.165) is 17.5 Å². The molecular formula is C26H27ClFN5O5. The van der Waals surface area contributed by atoms with E-state index in [9.17, 15) is 14.0 Å². The first-order chi connectivity index (χ1) is 18.2. The lowest BCUT2D eigenvalue weighted by molar-refractivity contribution is -0.165. The Hall–Kier alpha value is -3.31. The SMILES string of the molecule is CC[C@H]1O[C@@H](n2cnc3c(N4CC5(CCc6c(F)cccc65)C4)nc(Cl)nc32)[C@@H](OC(C)=O)C1OC(C)=O. The molecule has 0 saturated carbocycles. The molecule has 1 spiro atoms. The maximum absolute atomic E-state index is 14.4. The zero-order chi connectivity index (χ0) is 26.8. The van der Waals surface area contributed by atoms with Gasteiger partial charge in [-0.15, -0.1) is 0 Å². The number of carbonyl (C=O) groups excluding carboxylic acids is 2. The fraction of sp³-hybridized carbons (Fsp3) is 0.500. The molecule has 12 heteroatoms. The van der Waals surface area contributed by atoms with Gasteiger partial charge in [0, 0.05) is 32.4 Å². The number of nitrogens with zero attached hydrogens (tertiary/aromatic N) is 5.